The van der Waals surface area contributed by atoms with E-state index in [0.29, 0.717) is 31.7 Å². The summed E-state index contributed by atoms with van der Waals surface area (Å²) in [6.45, 7) is 4.43. The number of carbonyl (C=O) groups excluding carboxylic acids is 2. The molecule has 1 fully saturated rings. The van der Waals surface area contributed by atoms with Gasteiger partial charge in [-0.25, -0.2) is 0 Å². The second kappa shape index (κ2) is 8.71. The summed E-state index contributed by atoms with van der Waals surface area (Å²) in [7, 11) is 1.78. The molecule has 2 amide bonds. The maximum absolute atomic E-state index is 12.5. The molecule has 0 aliphatic carbocycles. The maximum atomic E-state index is 12.5. The Kier molecular flexibility index (Phi) is 6.12. The van der Waals surface area contributed by atoms with Gasteiger partial charge in [-0.15, -0.1) is 0 Å². The molecule has 27 heavy (non-hydrogen) atoms. The van der Waals surface area contributed by atoms with Crippen LogP contribution in [-0.4, -0.2) is 48.4 Å². The van der Waals surface area contributed by atoms with Gasteiger partial charge in [-0.05, 0) is 43.2 Å². The summed E-state index contributed by atoms with van der Waals surface area (Å²) in [5.41, 5.74) is 2.88. The van der Waals surface area contributed by atoms with Gasteiger partial charge < -0.3 is 14.5 Å². The van der Waals surface area contributed by atoms with Gasteiger partial charge in [0.1, 0.15) is 12.4 Å². The topological polar surface area (TPSA) is 49.9 Å². The Bertz CT molecular complexity index is 784. The molecule has 2 aromatic rings. The molecule has 0 N–H and O–H groups in total. The van der Waals surface area contributed by atoms with E-state index < -0.39 is 0 Å². The van der Waals surface area contributed by atoms with Crippen molar-refractivity contribution in [1.29, 1.82) is 0 Å². The number of aryl methyl sites for hydroxylation is 1. The van der Waals surface area contributed by atoms with E-state index >= 15 is 0 Å². The number of carbonyl (C=O) groups is 2. The molecule has 1 saturated heterocycles. The Morgan fingerprint density at radius 1 is 1.11 bits per heavy atom. The van der Waals surface area contributed by atoms with Crippen LogP contribution in [0, 0.1) is 6.92 Å². The zero-order chi connectivity index (χ0) is 19.2. The Morgan fingerprint density at radius 3 is 2.44 bits per heavy atom. The quantitative estimate of drug-likeness (QED) is 0.756. The van der Waals surface area contributed by atoms with Crippen molar-refractivity contribution in [3.05, 3.63) is 65.2 Å². The van der Waals surface area contributed by atoms with Crippen LogP contribution in [0.4, 0.5) is 0 Å². The van der Waals surface area contributed by atoms with Gasteiger partial charge >= 0.3 is 0 Å². The van der Waals surface area contributed by atoms with Gasteiger partial charge in [-0.3, -0.25) is 9.59 Å². The second-order valence-corrected chi connectivity index (χ2v) is 7.00. The zero-order valence-electron chi connectivity index (χ0n) is 16.0. The molecule has 0 bridgehead atoms. The normalized spacial score (nSPS) is 13.7. The van der Waals surface area contributed by atoms with Crippen molar-refractivity contribution in [2.75, 3.05) is 26.7 Å². The molecular weight excluding hydrogens is 340 g/mol. The number of hydrogen-bond donors (Lipinski definition) is 0. The van der Waals surface area contributed by atoms with E-state index in [2.05, 4.69) is 0 Å². The lowest BCUT2D eigenvalue weighted by atomic mass is 10.1. The first kappa shape index (κ1) is 19.0. The number of rotatable bonds is 7. The largest absolute Gasteiger partial charge is 0.492 e. The third-order valence-electron chi connectivity index (χ3n) is 4.81. The monoisotopic (exact) mass is 366 g/mol. The fourth-order valence-corrected chi connectivity index (χ4v) is 3.10. The van der Waals surface area contributed by atoms with Crippen LogP contribution in [0.25, 0.3) is 0 Å². The average molecular weight is 366 g/mol. The lowest BCUT2D eigenvalue weighted by Crippen LogP contribution is -2.31. The van der Waals surface area contributed by atoms with Crippen molar-refractivity contribution in [3.63, 3.8) is 0 Å². The van der Waals surface area contributed by atoms with Gasteiger partial charge in [0.15, 0.2) is 0 Å². The van der Waals surface area contributed by atoms with E-state index in [-0.39, 0.29) is 11.8 Å². The van der Waals surface area contributed by atoms with Crippen molar-refractivity contribution >= 4 is 11.8 Å². The highest BCUT2D eigenvalue weighted by molar-refractivity contribution is 5.94. The molecule has 0 radical (unpaired) electrons. The minimum atomic E-state index is -0.0358. The first-order valence-corrected chi connectivity index (χ1v) is 9.34. The van der Waals surface area contributed by atoms with Crippen molar-refractivity contribution in [1.82, 2.24) is 9.80 Å². The van der Waals surface area contributed by atoms with E-state index in [1.807, 2.05) is 60.4 Å². The number of amides is 2. The summed E-state index contributed by atoms with van der Waals surface area (Å²) in [5.74, 6) is 0.983. The van der Waals surface area contributed by atoms with Gasteiger partial charge in [-0.2, -0.15) is 0 Å². The predicted molar refractivity (Wildman–Crippen MR) is 105 cm³/mol. The Hall–Kier alpha value is -2.82. The first-order valence-electron chi connectivity index (χ1n) is 9.34. The summed E-state index contributed by atoms with van der Waals surface area (Å²) in [6.07, 6.45) is 1.58. The highest BCUT2D eigenvalue weighted by Crippen LogP contribution is 2.15. The Balaban J connectivity index is 1.48. The SMILES string of the molecule is Cc1ccc(OCCN(C)C(=O)c2ccc(CN3CCCC3=O)cc2)cc1. The van der Waals surface area contributed by atoms with E-state index in [1.54, 1.807) is 11.9 Å². The molecule has 1 aliphatic heterocycles. The van der Waals surface area contributed by atoms with Crippen LogP contribution >= 0.6 is 0 Å². The van der Waals surface area contributed by atoms with Gasteiger partial charge in [0.2, 0.25) is 5.91 Å². The Morgan fingerprint density at radius 2 is 1.81 bits per heavy atom. The highest BCUT2D eigenvalue weighted by atomic mass is 16.5. The fourth-order valence-electron chi connectivity index (χ4n) is 3.10. The van der Waals surface area contributed by atoms with Crippen LogP contribution < -0.4 is 4.74 Å². The summed E-state index contributed by atoms with van der Waals surface area (Å²) >= 11 is 0. The van der Waals surface area contributed by atoms with E-state index in [4.69, 9.17) is 4.74 Å². The summed E-state index contributed by atoms with van der Waals surface area (Å²) in [6, 6.07) is 15.4. The van der Waals surface area contributed by atoms with Crippen LogP contribution in [0.2, 0.25) is 0 Å². The molecule has 0 saturated carbocycles. The number of hydrogen-bond acceptors (Lipinski definition) is 3. The zero-order valence-corrected chi connectivity index (χ0v) is 16.0. The number of ether oxygens (including phenoxy) is 1. The van der Waals surface area contributed by atoms with Crippen LogP contribution in [-0.2, 0) is 11.3 Å². The lowest BCUT2D eigenvalue weighted by Gasteiger charge is -2.18. The molecule has 5 heteroatoms. The number of benzene rings is 2. The summed E-state index contributed by atoms with van der Waals surface area (Å²) < 4.78 is 5.69. The van der Waals surface area contributed by atoms with Crippen LogP contribution in [0.5, 0.6) is 5.75 Å². The van der Waals surface area contributed by atoms with Gasteiger partial charge in [0, 0.05) is 32.1 Å². The van der Waals surface area contributed by atoms with E-state index in [0.717, 1.165) is 24.3 Å². The van der Waals surface area contributed by atoms with Crippen LogP contribution in [0.15, 0.2) is 48.5 Å². The molecule has 0 aromatic heterocycles. The number of nitrogens with zero attached hydrogens (tertiary/aromatic N) is 2. The number of likely N-dealkylation sites (N-methyl/N-ethyl adjacent to an activating group) is 1. The molecule has 1 heterocycles. The summed E-state index contributed by atoms with van der Waals surface area (Å²) in [4.78, 5) is 27.8. The van der Waals surface area contributed by atoms with Gasteiger partial charge in [-0.1, -0.05) is 29.8 Å². The van der Waals surface area contributed by atoms with Gasteiger partial charge in [0.25, 0.3) is 5.91 Å². The molecule has 0 spiro atoms. The van der Waals surface area contributed by atoms with Crippen molar-refractivity contribution < 1.29 is 14.3 Å². The van der Waals surface area contributed by atoms with E-state index in [9.17, 15) is 9.59 Å². The van der Waals surface area contributed by atoms with Crippen molar-refractivity contribution in [3.8, 4) is 5.75 Å². The molecular formula is C22H26N2O3. The van der Waals surface area contributed by atoms with Gasteiger partial charge in [0.05, 0.1) is 6.54 Å². The molecule has 1 aliphatic rings. The maximum Gasteiger partial charge on any atom is 0.253 e. The second-order valence-electron chi connectivity index (χ2n) is 7.00. The molecule has 142 valence electrons. The lowest BCUT2D eigenvalue weighted by molar-refractivity contribution is -0.128. The summed E-state index contributed by atoms with van der Waals surface area (Å²) in [5, 5.41) is 0. The molecule has 5 nitrogen and oxygen atoms in total. The third-order valence-corrected chi connectivity index (χ3v) is 4.81. The first-order chi connectivity index (χ1) is 13.0. The molecule has 0 unspecified atom stereocenters. The molecule has 0 atom stereocenters. The highest BCUT2D eigenvalue weighted by Gasteiger charge is 2.20. The molecule has 2 aromatic carbocycles. The standard InChI is InChI=1S/C22H26N2O3/c1-17-5-11-20(12-6-17)27-15-14-23(2)22(26)19-9-7-18(8-10-19)16-24-13-3-4-21(24)25/h5-12H,3-4,13-16H2,1-2H3. The Labute approximate surface area is 160 Å². The van der Waals surface area contributed by atoms with Crippen LogP contribution in [0.3, 0.4) is 0 Å². The fraction of sp³-hybridized carbons (Fsp3) is 0.364. The smallest absolute Gasteiger partial charge is 0.253 e. The van der Waals surface area contributed by atoms with Crippen LogP contribution in [0.1, 0.15) is 34.3 Å². The predicted octanol–water partition coefficient (Wildman–Crippen LogP) is 3.27. The van der Waals surface area contributed by atoms with Crippen molar-refractivity contribution in [2.24, 2.45) is 0 Å². The van der Waals surface area contributed by atoms with E-state index in [1.165, 1.54) is 5.56 Å². The number of likely N-dealkylation sites (tertiary alicyclic amines) is 1. The van der Waals surface area contributed by atoms with Crippen molar-refractivity contribution in [2.45, 2.75) is 26.3 Å². The minimum Gasteiger partial charge on any atom is -0.492 e. The minimum absolute atomic E-state index is 0.0358. The average Bonchev–Trinajstić information content (AvgIpc) is 3.08. The third kappa shape index (κ3) is 5.09. The molecule has 3 rings (SSSR count).